The van der Waals surface area contributed by atoms with Gasteiger partial charge in [-0.05, 0) is 28.8 Å². The maximum Gasteiger partial charge on any atom is 0.195 e. The average molecular weight is 368 g/mol. The molecule has 0 saturated carbocycles. The van der Waals surface area contributed by atoms with E-state index in [1.165, 1.54) is 51.3 Å². The lowest BCUT2D eigenvalue weighted by molar-refractivity contribution is 0.335. The predicted octanol–water partition coefficient (Wildman–Crippen LogP) is 7.74. The Kier molecular flexibility index (Phi) is 16.6. The van der Waals surface area contributed by atoms with Crippen molar-refractivity contribution in [3.8, 4) is 0 Å². The molecule has 3 unspecified atom stereocenters. The summed E-state index contributed by atoms with van der Waals surface area (Å²) in [5, 5.41) is 1.51. The molecule has 0 rings (SSSR count). The molecule has 0 N–H and O–H groups in total. The van der Waals surface area contributed by atoms with Gasteiger partial charge in [0.25, 0.3) is 0 Å². The first-order valence-corrected chi connectivity index (χ1v) is 12.2. The third-order valence-corrected chi connectivity index (χ3v) is 7.17. The van der Waals surface area contributed by atoms with Gasteiger partial charge in [-0.2, -0.15) is 0 Å². The molecular weight excluding hydrogens is 326 g/mol. The second-order valence-electron chi connectivity index (χ2n) is 7.90. The summed E-state index contributed by atoms with van der Waals surface area (Å²) in [4.78, 5) is 0. The van der Waals surface area contributed by atoms with Crippen LogP contribution in [0.1, 0.15) is 93.4 Å². The molecule has 140 valence electrons. The van der Waals surface area contributed by atoms with Crippen LogP contribution in [0.5, 0.6) is 0 Å². The van der Waals surface area contributed by atoms with E-state index in [1.54, 1.807) is 0 Å². The van der Waals surface area contributed by atoms with E-state index in [0.717, 1.165) is 28.2 Å². The number of hydrogen-bond acceptors (Lipinski definition) is 2. The molecule has 0 nitrogen and oxygen atoms in total. The molecule has 0 aliphatic heterocycles. The summed E-state index contributed by atoms with van der Waals surface area (Å²) < 4.78 is 0. The second kappa shape index (κ2) is 16.0. The van der Waals surface area contributed by atoms with Gasteiger partial charge in [0.05, 0.1) is 0 Å². The van der Waals surface area contributed by atoms with E-state index < -0.39 is 0 Å². The van der Waals surface area contributed by atoms with E-state index in [0.29, 0.717) is 0 Å². The van der Waals surface area contributed by atoms with Crippen molar-refractivity contribution in [3.05, 3.63) is 0 Å². The molecule has 0 aliphatic rings. The van der Waals surface area contributed by atoms with Gasteiger partial charge in [0.1, 0.15) is 0 Å². The first kappa shape index (κ1) is 24.8. The monoisotopic (exact) mass is 368 g/mol. The van der Waals surface area contributed by atoms with Crippen LogP contribution in [0.15, 0.2) is 0 Å². The van der Waals surface area contributed by atoms with E-state index in [2.05, 4.69) is 73.2 Å². The minimum atomic E-state index is 0.732. The Morgan fingerprint density at radius 1 is 0.833 bits per heavy atom. The SMILES string of the molecule is CCCC([B]SC(C)CC)CCCC(CC[B]SC(C)C)C(C)C. The van der Waals surface area contributed by atoms with Crippen molar-refractivity contribution in [2.75, 3.05) is 0 Å². The fourth-order valence-corrected chi connectivity index (χ4v) is 4.60. The maximum absolute atomic E-state index is 2.56. The molecule has 0 spiro atoms. The largest absolute Gasteiger partial charge is 0.215 e. The Hall–Kier alpha value is 0.830. The molecular formula is C20H42B2S2. The molecule has 0 fully saturated rings. The van der Waals surface area contributed by atoms with E-state index in [-0.39, 0.29) is 0 Å². The summed E-state index contributed by atoms with van der Waals surface area (Å²) in [6.07, 6.45) is 10.8. The van der Waals surface area contributed by atoms with Crippen LogP contribution in [0.3, 0.4) is 0 Å². The smallest absolute Gasteiger partial charge is 0.195 e. The van der Waals surface area contributed by atoms with Crippen molar-refractivity contribution in [2.45, 2.75) is 116 Å². The highest BCUT2D eigenvalue weighted by Gasteiger charge is 2.16. The van der Waals surface area contributed by atoms with Gasteiger partial charge in [0, 0.05) is 0 Å². The van der Waals surface area contributed by atoms with E-state index in [1.807, 2.05) is 11.6 Å². The Labute approximate surface area is 164 Å². The van der Waals surface area contributed by atoms with Crippen LogP contribution in [-0.2, 0) is 0 Å². The van der Waals surface area contributed by atoms with Gasteiger partial charge in [-0.1, -0.05) is 99.1 Å². The quantitative estimate of drug-likeness (QED) is 0.202. The van der Waals surface area contributed by atoms with Gasteiger partial charge in [-0.3, -0.25) is 0 Å². The lowest BCUT2D eigenvalue weighted by Gasteiger charge is -2.23. The Morgan fingerprint density at radius 3 is 2.08 bits per heavy atom. The van der Waals surface area contributed by atoms with Gasteiger partial charge in [-0.25, -0.2) is 23.2 Å². The summed E-state index contributed by atoms with van der Waals surface area (Å²) in [5.74, 6) is 2.55. The Morgan fingerprint density at radius 2 is 1.54 bits per heavy atom. The molecule has 0 heterocycles. The highest BCUT2D eigenvalue weighted by molar-refractivity contribution is 8.23. The van der Waals surface area contributed by atoms with Crippen LogP contribution >= 0.6 is 23.2 Å². The average Bonchev–Trinajstić information content (AvgIpc) is 2.53. The predicted molar refractivity (Wildman–Crippen MR) is 122 cm³/mol. The number of rotatable bonds is 16. The van der Waals surface area contributed by atoms with Crippen LogP contribution in [0.2, 0.25) is 12.1 Å². The van der Waals surface area contributed by atoms with Crippen molar-refractivity contribution in [1.29, 1.82) is 0 Å². The standard InChI is InChI=1S/C20H42B2S2/c1-8-11-20(22-24-18(7)9-2)13-10-12-19(16(3)4)14-15-21-23-17(5)6/h16-20H,8-15H2,1-7H3. The summed E-state index contributed by atoms with van der Waals surface area (Å²) in [6.45, 7) is 21.4. The molecule has 0 aromatic rings. The molecule has 2 radical (unpaired) electrons. The van der Waals surface area contributed by atoms with Crippen LogP contribution in [-0.4, -0.2) is 23.6 Å². The summed E-state index contributed by atoms with van der Waals surface area (Å²) in [7, 11) is 0. The summed E-state index contributed by atoms with van der Waals surface area (Å²) >= 11 is 4.08. The molecule has 3 atom stereocenters. The zero-order valence-corrected chi connectivity index (χ0v) is 19.1. The van der Waals surface area contributed by atoms with Crippen molar-refractivity contribution in [3.63, 3.8) is 0 Å². The molecule has 4 heteroatoms. The zero-order valence-electron chi connectivity index (χ0n) is 17.5. The Bertz CT molecular complexity index is 272. The third kappa shape index (κ3) is 14.0. The van der Waals surface area contributed by atoms with Gasteiger partial charge in [0.2, 0.25) is 0 Å². The van der Waals surface area contributed by atoms with Crippen molar-refractivity contribution >= 4 is 36.3 Å². The summed E-state index contributed by atoms with van der Waals surface area (Å²) in [6, 6.07) is 0. The van der Waals surface area contributed by atoms with E-state index >= 15 is 0 Å². The molecule has 0 aliphatic carbocycles. The van der Waals surface area contributed by atoms with E-state index in [4.69, 9.17) is 0 Å². The molecule has 0 aromatic carbocycles. The second-order valence-corrected chi connectivity index (χ2v) is 10.8. The molecule has 0 aromatic heterocycles. The first-order chi connectivity index (χ1) is 11.4. The van der Waals surface area contributed by atoms with Gasteiger partial charge >= 0.3 is 0 Å². The van der Waals surface area contributed by atoms with Crippen molar-refractivity contribution in [2.24, 2.45) is 11.8 Å². The van der Waals surface area contributed by atoms with Crippen molar-refractivity contribution in [1.82, 2.24) is 0 Å². The summed E-state index contributed by atoms with van der Waals surface area (Å²) in [5.41, 5.74) is 0. The number of hydrogen-bond donors (Lipinski definition) is 0. The fourth-order valence-electron chi connectivity index (χ4n) is 2.99. The Balaban J connectivity index is 4.07. The molecule has 0 amide bonds. The van der Waals surface area contributed by atoms with Gasteiger partial charge < -0.3 is 0 Å². The fraction of sp³-hybridized carbons (Fsp3) is 1.00. The van der Waals surface area contributed by atoms with Crippen LogP contribution < -0.4 is 0 Å². The first-order valence-electron chi connectivity index (χ1n) is 10.4. The maximum atomic E-state index is 2.56. The zero-order chi connectivity index (χ0) is 18.4. The minimum absolute atomic E-state index is 0.732. The molecule has 24 heavy (non-hydrogen) atoms. The third-order valence-electron chi connectivity index (χ3n) is 4.85. The highest BCUT2D eigenvalue weighted by Crippen LogP contribution is 2.30. The van der Waals surface area contributed by atoms with Gasteiger partial charge in [-0.15, -0.1) is 0 Å². The van der Waals surface area contributed by atoms with E-state index in [9.17, 15) is 0 Å². The molecule has 0 bridgehead atoms. The molecule has 0 saturated heterocycles. The van der Waals surface area contributed by atoms with Crippen LogP contribution in [0, 0.1) is 11.8 Å². The van der Waals surface area contributed by atoms with Crippen LogP contribution in [0.25, 0.3) is 0 Å². The van der Waals surface area contributed by atoms with Gasteiger partial charge in [0.15, 0.2) is 13.1 Å². The minimum Gasteiger partial charge on any atom is -0.215 e. The van der Waals surface area contributed by atoms with Crippen molar-refractivity contribution < 1.29 is 0 Å². The highest BCUT2D eigenvalue weighted by atomic mass is 32.2. The topological polar surface area (TPSA) is 0 Å². The normalized spacial score (nSPS) is 15.5. The lowest BCUT2D eigenvalue weighted by atomic mass is 9.76. The lowest BCUT2D eigenvalue weighted by Crippen LogP contribution is -2.11. The van der Waals surface area contributed by atoms with Crippen LogP contribution in [0.4, 0.5) is 0 Å².